The van der Waals surface area contributed by atoms with Crippen LogP contribution in [0.3, 0.4) is 0 Å². The number of halogens is 1. The maximum atomic E-state index is 11.7. The molecule has 1 aromatic rings. The normalized spacial score (nSPS) is 10.9. The van der Waals surface area contributed by atoms with Crippen LogP contribution in [-0.4, -0.2) is 22.8 Å². The fourth-order valence-corrected chi connectivity index (χ4v) is 1.57. The fourth-order valence-electron chi connectivity index (χ4n) is 1.40. The van der Waals surface area contributed by atoms with Crippen molar-refractivity contribution in [2.45, 2.75) is 32.8 Å². The van der Waals surface area contributed by atoms with Gasteiger partial charge in [0.15, 0.2) is 0 Å². The first kappa shape index (κ1) is 15.3. The number of hydrogen-bond acceptors (Lipinski definition) is 3. The van der Waals surface area contributed by atoms with Crippen LogP contribution < -0.4 is 5.32 Å². The molecule has 104 valence electrons. The Morgan fingerprint density at radius 3 is 2.53 bits per heavy atom. The summed E-state index contributed by atoms with van der Waals surface area (Å²) >= 11 is 5.83. The Morgan fingerprint density at radius 2 is 2.00 bits per heavy atom. The molecule has 0 aliphatic rings. The largest absolute Gasteiger partial charge is 0.481 e. The van der Waals surface area contributed by atoms with Crippen LogP contribution in [0.15, 0.2) is 18.2 Å². The van der Waals surface area contributed by atoms with Gasteiger partial charge in [-0.2, -0.15) is 0 Å². The van der Waals surface area contributed by atoms with Crippen molar-refractivity contribution in [1.82, 2.24) is 0 Å². The molecule has 0 aliphatic heterocycles. The van der Waals surface area contributed by atoms with Gasteiger partial charge in [0.25, 0.3) is 0 Å². The summed E-state index contributed by atoms with van der Waals surface area (Å²) in [6.45, 7) is 5.22. The standard InChI is InChI=1S/C13H16ClNO4/c1-13(2,3)19-12(18)15-10-7-9(14)5-4-8(10)6-11(16)17/h4-5,7H,6H2,1-3H3,(H,15,18)(H,16,17). The van der Waals surface area contributed by atoms with Crippen LogP contribution >= 0.6 is 11.6 Å². The van der Waals surface area contributed by atoms with Crippen LogP contribution in [0.25, 0.3) is 0 Å². The van der Waals surface area contributed by atoms with Crippen molar-refractivity contribution < 1.29 is 19.4 Å². The number of carbonyl (C=O) groups excluding carboxylic acids is 1. The van der Waals surface area contributed by atoms with Gasteiger partial charge < -0.3 is 9.84 Å². The van der Waals surface area contributed by atoms with Crippen molar-refractivity contribution in [2.75, 3.05) is 5.32 Å². The second-order valence-corrected chi connectivity index (χ2v) is 5.44. The van der Waals surface area contributed by atoms with E-state index in [1.54, 1.807) is 32.9 Å². The predicted octanol–water partition coefficient (Wildman–Crippen LogP) is 3.31. The molecule has 0 radical (unpaired) electrons. The third kappa shape index (κ3) is 5.61. The molecule has 0 aromatic heterocycles. The summed E-state index contributed by atoms with van der Waals surface area (Å²) in [6, 6.07) is 4.62. The number of anilines is 1. The van der Waals surface area contributed by atoms with E-state index in [-0.39, 0.29) is 6.42 Å². The van der Waals surface area contributed by atoms with Crippen molar-refractivity contribution in [1.29, 1.82) is 0 Å². The van der Waals surface area contributed by atoms with Gasteiger partial charge in [0.1, 0.15) is 5.60 Å². The zero-order chi connectivity index (χ0) is 14.6. The molecule has 0 heterocycles. The van der Waals surface area contributed by atoms with E-state index in [4.69, 9.17) is 21.4 Å². The van der Waals surface area contributed by atoms with Crippen molar-refractivity contribution in [2.24, 2.45) is 0 Å². The Kier molecular flexibility index (Phi) is 4.78. The molecule has 19 heavy (non-hydrogen) atoms. The smallest absolute Gasteiger partial charge is 0.412 e. The van der Waals surface area contributed by atoms with Crippen LogP contribution in [-0.2, 0) is 16.0 Å². The monoisotopic (exact) mass is 285 g/mol. The van der Waals surface area contributed by atoms with Crippen LogP contribution in [0, 0.1) is 0 Å². The lowest BCUT2D eigenvalue weighted by atomic mass is 10.1. The van der Waals surface area contributed by atoms with Gasteiger partial charge in [-0.3, -0.25) is 10.1 Å². The highest BCUT2D eigenvalue weighted by molar-refractivity contribution is 6.31. The molecule has 2 N–H and O–H groups in total. The number of carboxylic acids is 1. The zero-order valence-electron chi connectivity index (χ0n) is 11.0. The number of aliphatic carboxylic acids is 1. The molecule has 0 spiro atoms. The lowest BCUT2D eigenvalue weighted by Gasteiger charge is -2.20. The van der Waals surface area contributed by atoms with E-state index in [1.165, 1.54) is 6.07 Å². The van der Waals surface area contributed by atoms with Gasteiger partial charge in [-0.05, 0) is 38.5 Å². The van der Waals surface area contributed by atoms with Crippen LogP contribution in [0.1, 0.15) is 26.3 Å². The molecule has 0 atom stereocenters. The van der Waals surface area contributed by atoms with Crippen molar-refractivity contribution in [3.63, 3.8) is 0 Å². The molecule has 0 unspecified atom stereocenters. The van der Waals surface area contributed by atoms with E-state index < -0.39 is 17.7 Å². The Balaban J connectivity index is 2.89. The number of nitrogens with one attached hydrogen (secondary N) is 1. The minimum atomic E-state index is -0.991. The summed E-state index contributed by atoms with van der Waals surface area (Å²) in [4.78, 5) is 22.4. The van der Waals surface area contributed by atoms with Gasteiger partial charge in [0.2, 0.25) is 0 Å². The van der Waals surface area contributed by atoms with Crippen LogP contribution in [0.2, 0.25) is 5.02 Å². The summed E-state index contributed by atoms with van der Waals surface area (Å²) in [5, 5.41) is 11.7. The summed E-state index contributed by atoms with van der Waals surface area (Å²) in [6.07, 6.45) is -0.858. The molecular formula is C13H16ClNO4. The van der Waals surface area contributed by atoms with E-state index in [0.29, 0.717) is 16.3 Å². The predicted molar refractivity (Wildman–Crippen MR) is 72.6 cm³/mol. The second kappa shape index (κ2) is 5.93. The Bertz CT molecular complexity index is 494. The molecule has 0 aliphatic carbocycles. The molecule has 1 aromatic carbocycles. The maximum Gasteiger partial charge on any atom is 0.412 e. The molecule has 0 bridgehead atoms. The molecular weight excluding hydrogens is 270 g/mol. The van der Waals surface area contributed by atoms with E-state index >= 15 is 0 Å². The first-order valence-electron chi connectivity index (χ1n) is 5.67. The molecule has 1 amide bonds. The third-order valence-corrected chi connectivity index (χ3v) is 2.28. The number of benzene rings is 1. The van der Waals surface area contributed by atoms with Crippen molar-refractivity contribution in [3.05, 3.63) is 28.8 Å². The Hall–Kier alpha value is -1.75. The summed E-state index contributed by atoms with van der Waals surface area (Å²) in [5.74, 6) is -0.991. The molecule has 5 nitrogen and oxygen atoms in total. The molecule has 0 saturated heterocycles. The van der Waals surface area contributed by atoms with Gasteiger partial charge in [-0.25, -0.2) is 4.79 Å². The van der Waals surface area contributed by atoms with Crippen molar-refractivity contribution in [3.8, 4) is 0 Å². The molecule has 0 fully saturated rings. The van der Waals surface area contributed by atoms with Crippen LogP contribution in [0.4, 0.5) is 10.5 Å². The van der Waals surface area contributed by atoms with Crippen molar-refractivity contribution >= 4 is 29.4 Å². The summed E-state index contributed by atoms with van der Waals surface area (Å²) in [7, 11) is 0. The van der Waals surface area contributed by atoms with E-state index in [9.17, 15) is 9.59 Å². The number of amides is 1. The summed E-state index contributed by atoms with van der Waals surface area (Å²) in [5.41, 5.74) is 0.169. The first-order chi connectivity index (χ1) is 8.67. The minimum absolute atomic E-state index is 0.206. The van der Waals surface area contributed by atoms with Gasteiger partial charge in [0, 0.05) is 10.7 Å². The summed E-state index contributed by atoms with van der Waals surface area (Å²) < 4.78 is 5.10. The molecule has 1 rings (SSSR count). The van der Waals surface area contributed by atoms with Gasteiger partial charge in [-0.15, -0.1) is 0 Å². The van der Waals surface area contributed by atoms with E-state index in [0.717, 1.165) is 0 Å². The lowest BCUT2D eigenvalue weighted by Crippen LogP contribution is -2.27. The fraction of sp³-hybridized carbons (Fsp3) is 0.385. The van der Waals surface area contributed by atoms with Gasteiger partial charge in [0.05, 0.1) is 6.42 Å². The Morgan fingerprint density at radius 1 is 1.37 bits per heavy atom. The van der Waals surface area contributed by atoms with E-state index in [1.807, 2.05) is 0 Å². The van der Waals surface area contributed by atoms with Gasteiger partial charge >= 0.3 is 12.1 Å². The Labute approximate surface area is 116 Å². The average Bonchev–Trinajstić information content (AvgIpc) is 2.18. The minimum Gasteiger partial charge on any atom is -0.481 e. The number of carbonyl (C=O) groups is 2. The number of rotatable bonds is 3. The SMILES string of the molecule is CC(C)(C)OC(=O)Nc1cc(Cl)ccc1CC(=O)O. The van der Waals surface area contributed by atoms with E-state index in [2.05, 4.69) is 5.32 Å². The highest BCUT2D eigenvalue weighted by atomic mass is 35.5. The zero-order valence-corrected chi connectivity index (χ0v) is 11.7. The third-order valence-electron chi connectivity index (χ3n) is 2.05. The first-order valence-corrected chi connectivity index (χ1v) is 6.05. The highest BCUT2D eigenvalue weighted by Gasteiger charge is 2.17. The quantitative estimate of drug-likeness (QED) is 0.893. The average molecular weight is 286 g/mol. The maximum absolute atomic E-state index is 11.7. The molecule has 0 saturated carbocycles. The van der Waals surface area contributed by atoms with Gasteiger partial charge in [-0.1, -0.05) is 17.7 Å². The lowest BCUT2D eigenvalue weighted by molar-refractivity contribution is -0.136. The number of carboxylic acid groups (broad SMARTS) is 1. The number of hydrogen-bond donors (Lipinski definition) is 2. The topological polar surface area (TPSA) is 75.6 Å². The number of ether oxygens (including phenoxy) is 1. The molecule has 6 heteroatoms. The van der Waals surface area contributed by atoms with Crippen LogP contribution in [0.5, 0.6) is 0 Å². The second-order valence-electron chi connectivity index (χ2n) is 5.00. The highest BCUT2D eigenvalue weighted by Crippen LogP contribution is 2.22.